The zero-order valence-corrected chi connectivity index (χ0v) is 14.6. The highest BCUT2D eigenvalue weighted by molar-refractivity contribution is 5.49. The van der Waals surface area contributed by atoms with Crippen molar-refractivity contribution in [1.82, 2.24) is 9.97 Å². The first-order valence-electron chi connectivity index (χ1n) is 8.33. The van der Waals surface area contributed by atoms with E-state index >= 15 is 0 Å². The van der Waals surface area contributed by atoms with E-state index in [4.69, 9.17) is 4.98 Å². The first-order chi connectivity index (χ1) is 9.96. The van der Waals surface area contributed by atoms with Crippen molar-refractivity contribution in [2.45, 2.75) is 54.4 Å². The molecule has 0 atom stereocenters. The number of nitrogens with zero attached hydrogens (tertiary/aromatic N) is 3. The molecule has 0 saturated carbocycles. The quantitative estimate of drug-likeness (QED) is 0.747. The largest absolute Gasteiger partial charge is 0.370 e. The van der Waals surface area contributed by atoms with Gasteiger partial charge in [0, 0.05) is 32.1 Å². The van der Waals surface area contributed by atoms with Crippen LogP contribution in [0.1, 0.15) is 53.8 Å². The molecular formula is C17H32N4. The second-order valence-corrected chi connectivity index (χ2v) is 6.50. The number of anilines is 2. The summed E-state index contributed by atoms with van der Waals surface area (Å²) < 4.78 is 0. The lowest BCUT2D eigenvalue weighted by Gasteiger charge is -2.28. The van der Waals surface area contributed by atoms with E-state index in [2.05, 4.69) is 62.8 Å². The Bertz CT molecular complexity index is 381. The average Bonchev–Trinajstić information content (AvgIpc) is 2.37. The second kappa shape index (κ2) is 8.85. The molecule has 1 N–H and O–H groups in total. The minimum Gasteiger partial charge on any atom is -0.370 e. The molecule has 1 heterocycles. The molecule has 0 fully saturated rings. The maximum atomic E-state index is 4.79. The van der Waals surface area contributed by atoms with Crippen molar-refractivity contribution in [3.05, 3.63) is 11.9 Å². The molecule has 120 valence electrons. The van der Waals surface area contributed by atoms with Crippen molar-refractivity contribution in [2.75, 3.05) is 29.9 Å². The maximum Gasteiger partial charge on any atom is 0.134 e. The van der Waals surface area contributed by atoms with Gasteiger partial charge in [0.25, 0.3) is 0 Å². The summed E-state index contributed by atoms with van der Waals surface area (Å²) in [5.74, 6) is 4.20. The van der Waals surface area contributed by atoms with Gasteiger partial charge in [-0.15, -0.1) is 0 Å². The molecule has 0 bridgehead atoms. The van der Waals surface area contributed by atoms with Crippen LogP contribution < -0.4 is 10.2 Å². The zero-order valence-electron chi connectivity index (χ0n) is 14.6. The Morgan fingerprint density at radius 1 is 1.05 bits per heavy atom. The van der Waals surface area contributed by atoms with Crippen molar-refractivity contribution in [1.29, 1.82) is 0 Å². The average molecular weight is 292 g/mol. The lowest BCUT2D eigenvalue weighted by molar-refractivity contribution is 0.547. The highest BCUT2D eigenvalue weighted by atomic mass is 15.2. The van der Waals surface area contributed by atoms with Crippen LogP contribution in [0.3, 0.4) is 0 Å². The Balaban J connectivity index is 3.08. The van der Waals surface area contributed by atoms with E-state index < -0.39 is 0 Å². The fraction of sp³-hybridized carbons (Fsp3) is 0.765. The summed E-state index contributed by atoms with van der Waals surface area (Å²) >= 11 is 0. The van der Waals surface area contributed by atoms with Crippen LogP contribution in [0.25, 0.3) is 0 Å². The van der Waals surface area contributed by atoms with E-state index in [-0.39, 0.29) is 0 Å². The molecule has 0 aliphatic heterocycles. The fourth-order valence-corrected chi connectivity index (χ4v) is 2.40. The Morgan fingerprint density at radius 2 is 1.67 bits per heavy atom. The van der Waals surface area contributed by atoms with Gasteiger partial charge in [-0.3, -0.25) is 0 Å². The van der Waals surface area contributed by atoms with E-state index in [9.17, 15) is 0 Å². The number of aryl methyl sites for hydroxylation is 1. The molecule has 0 radical (unpaired) electrons. The summed E-state index contributed by atoms with van der Waals surface area (Å²) in [4.78, 5) is 11.8. The van der Waals surface area contributed by atoms with Crippen LogP contribution in [-0.4, -0.2) is 29.6 Å². The molecule has 0 saturated heterocycles. The topological polar surface area (TPSA) is 41.1 Å². The van der Waals surface area contributed by atoms with Crippen LogP contribution in [-0.2, 0) is 6.42 Å². The molecular weight excluding hydrogens is 260 g/mol. The summed E-state index contributed by atoms with van der Waals surface area (Å²) in [6.45, 7) is 16.2. The molecule has 21 heavy (non-hydrogen) atoms. The fourth-order valence-electron chi connectivity index (χ4n) is 2.40. The van der Waals surface area contributed by atoms with Crippen molar-refractivity contribution in [2.24, 2.45) is 11.8 Å². The minimum absolute atomic E-state index is 0.621. The molecule has 1 aromatic rings. The van der Waals surface area contributed by atoms with E-state index in [1.807, 2.05) is 0 Å². The van der Waals surface area contributed by atoms with Gasteiger partial charge >= 0.3 is 0 Å². The Morgan fingerprint density at radius 3 is 2.14 bits per heavy atom. The predicted molar refractivity (Wildman–Crippen MR) is 92.1 cm³/mol. The van der Waals surface area contributed by atoms with Crippen LogP contribution >= 0.6 is 0 Å². The van der Waals surface area contributed by atoms with Gasteiger partial charge in [0.1, 0.15) is 17.5 Å². The minimum atomic E-state index is 0.621. The van der Waals surface area contributed by atoms with Crippen LogP contribution in [0, 0.1) is 11.8 Å². The second-order valence-electron chi connectivity index (χ2n) is 6.50. The lowest BCUT2D eigenvalue weighted by Crippen LogP contribution is -2.32. The Labute approximate surface area is 130 Å². The lowest BCUT2D eigenvalue weighted by atomic mass is 10.1. The molecule has 4 heteroatoms. The van der Waals surface area contributed by atoms with Crippen LogP contribution in [0.2, 0.25) is 0 Å². The van der Waals surface area contributed by atoms with Crippen LogP contribution in [0.15, 0.2) is 6.07 Å². The zero-order chi connectivity index (χ0) is 15.8. The number of hydrogen-bond acceptors (Lipinski definition) is 4. The van der Waals surface area contributed by atoms with Gasteiger partial charge in [-0.2, -0.15) is 0 Å². The summed E-state index contributed by atoms with van der Waals surface area (Å²) in [6.07, 6.45) is 2.01. The summed E-state index contributed by atoms with van der Waals surface area (Å²) in [5.41, 5.74) is 0. The van der Waals surface area contributed by atoms with Gasteiger partial charge in [0.05, 0.1) is 0 Å². The van der Waals surface area contributed by atoms with Crippen molar-refractivity contribution in [3.8, 4) is 0 Å². The van der Waals surface area contributed by atoms with Gasteiger partial charge in [-0.1, -0.05) is 34.6 Å². The molecule has 0 amide bonds. The van der Waals surface area contributed by atoms with Crippen LogP contribution in [0.4, 0.5) is 11.6 Å². The highest BCUT2D eigenvalue weighted by Gasteiger charge is 2.14. The van der Waals surface area contributed by atoms with Crippen molar-refractivity contribution in [3.63, 3.8) is 0 Å². The molecule has 0 aromatic carbocycles. The van der Waals surface area contributed by atoms with Crippen molar-refractivity contribution < 1.29 is 0 Å². The first-order valence-corrected chi connectivity index (χ1v) is 8.33. The molecule has 1 rings (SSSR count). The van der Waals surface area contributed by atoms with E-state index in [1.54, 1.807) is 0 Å². The predicted octanol–water partition coefficient (Wildman–Crippen LogP) is 3.98. The summed E-state index contributed by atoms with van der Waals surface area (Å²) in [6, 6.07) is 2.09. The van der Waals surface area contributed by atoms with Crippen LogP contribution in [0.5, 0.6) is 0 Å². The number of aromatic nitrogens is 2. The Kier molecular flexibility index (Phi) is 7.48. The van der Waals surface area contributed by atoms with E-state index in [0.29, 0.717) is 11.8 Å². The number of nitrogens with one attached hydrogen (secondary N) is 1. The number of rotatable bonds is 9. The van der Waals surface area contributed by atoms with Gasteiger partial charge < -0.3 is 10.2 Å². The molecule has 0 unspecified atom stereocenters. The van der Waals surface area contributed by atoms with Gasteiger partial charge in [-0.25, -0.2) is 9.97 Å². The SMILES string of the molecule is CCCc1nc(NCC)cc(N(CC(C)C)CC(C)C)n1. The normalized spacial score (nSPS) is 11.2. The summed E-state index contributed by atoms with van der Waals surface area (Å²) in [7, 11) is 0. The van der Waals surface area contributed by atoms with Gasteiger partial charge in [0.2, 0.25) is 0 Å². The molecule has 0 spiro atoms. The highest BCUT2D eigenvalue weighted by Crippen LogP contribution is 2.19. The Hall–Kier alpha value is -1.32. The summed E-state index contributed by atoms with van der Waals surface area (Å²) in [5, 5.41) is 3.33. The molecule has 0 aliphatic rings. The smallest absolute Gasteiger partial charge is 0.134 e. The monoisotopic (exact) mass is 292 g/mol. The van der Waals surface area contributed by atoms with Gasteiger partial charge in [-0.05, 0) is 25.2 Å². The standard InChI is InChI=1S/C17H32N4/c1-7-9-15-19-16(18-8-2)10-17(20-15)21(11-13(3)4)12-14(5)6/h10,13-14H,7-9,11-12H2,1-6H3,(H,18,19,20). The molecule has 1 aromatic heterocycles. The third-order valence-electron chi connectivity index (χ3n) is 3.09. The third kappa shape index (κ3) is 6.32. The maximum absolute atomic E-state index is 4.79. The van der Waals surface area contributed by atoms with Gasteiger partial charge in [0.15, 0.2) is 0 Å². The van der Waals surface area contributed by atoms with E-state index in [1.165, 1.54) is 0 Å². The van der Waals surface area contributed by atoms with Crippen molar-refractivity contribution >= 4 is 11.6 Å². The molecule has 4 nitrogen and oxygen atoms in total. The third-order valence-corrected chi connectivity index (χ3v) is 3.09. The first kappa shape index (κ1) is 17.7. The number of hydrogen-bond donors (Lipinski definition) is 1. The van der Waals surface area contributed by atoms with E-state index in [0.717, 1.165) is 49.9 Å². The molecule has 0 aliphatic carbocycles.